The van der Waals surface area contributed by atoms with E-state index < -0.39 is 97.5 Å². The molecule has 17 nitrogen and oxygen atoms in total. The Labute approximate surface area is 656 Å². The van der Waals surface area contributed by atoms with Crippen LogP contribution in [0.1, 0.15) is 349 Å². The third kappa shape index (κ3) is 79.3. The van der Waals surface area contributed by atoms with Crippen molar-refractivity contribution in [3.63, 3.8) is 0 Å². The first-order valence-corrected chi connectivity index (χ1v) is 45.4. The molecule has 0 saturated carbocycles. The van der Waals surface area contributed by atoms with Gasteiger partial charge in [0.1, 0.15) is 19.3 Å². The number of rotatable bonds is 79. The predicted octanol–water partition coefficient (Wildman–Crippen LogP) is 25.2. The molecule has 0 rings (SSSR count). The minimum Gasteiger partial charge on any atom is -0.462 e. The first kappa shape index (κ1) is 103. The SMILES string of the molecule is CCCCC/C=C\C/C=C\C/C=C\C/C=C\C/C=C\CCC(=O)O[C@H](COC(=O)CCCCCCC/C=C\CCCCCCCC)COP(=O)(O)OC[C@@H](O)COP(=O)(O)OC[C@@H](COC(=O)CCCCCCCCCCCCCCCCC)OC(=O)CC/C=C\C/C=C\C/C=C\C/C=C\C/C=C\CCCCC. The van der Waals surface area contributed by atoms with Crippen molar-refractivity contribution in [2.24, 2.45) is 0 Å². The topological polar surface area (TPSA) is 237 Å². The van der Waals surface area contributed by atoms with Gasteiger partial charge in [-0.3, -0.25) is 37.3 Å². The third-order valence-electron chi connectivity index (χ3n) is 17.6. The number of ether oxygens (including phenoxy) is 4. The lowest BCUT2D eigenvalue weighted by Gasteiger charge is -2.21. The van der Waals surface area contributed by atoms with Crippen LogP contribution in [-0.4, -0.2) is 96.7 Å². The quantitative estimate of drug-likeness (QED) is 0.0169. The van der Waals surface area contributed by atoms with Crippen molar-refractivity contribution in [2.45, 2.75) is 367 Å². The van der Waals surface area contributed by atoms with Gasteiger partial charge in [-0.2, -0.15) is 0 Å². The Morgan fingerprint density at radius 1 is 0.259 bits per heavy atom. The van der Waals surface area contributed by atoms with E-state index in [1.54, 1.807) is 0 Å². The highest BCUT2D eigenvalue weighted by atomic mass is 31.2. The van der Waals surface area contributed by atoms with Gasteiger partial charge < -0.3 is 33.8 Å². The van der Waals surface area contributed by atoms with Gasteiger partial charge in [0.2, 0.25) is 0 Å². The second kappa shape index (κ2) is 80.3. The fourth-order valence-electron chi connectivity index (χ4n) is 11.1. The van der Waals surface area contributed by atoms with E-state index in [1.165, 1.54) is 141 Å². The molecule has 108 heavy (non-hydrogen) atoms. The molecule has 0 heterocycles. The normalized spacial score (nSPS) is 14.5. The van der Waals surface area contributed by atoms with E-state index in [2.05, 4.69) is 125 Å². The van der Waals surface area contributed by atoms with Crippen LogP contribution in [0.3, 0.4) is 0 Å². The molecule has 0 fully saturated rings. The number of carbonyl (C=O) groups excluding carboxylic acids is 4. The molecule has 2 unspecified atom stereocenters. The summed E-state index contributed by atoms with van der Waals surface area (Å²) in [5, 5.41) is 10.7. The zero-order valence-electron chi connectivity index (χ0n) is 68.0. The molecule has 0 aromatic heterocycles. The lowest BCUT2D eigenvalue weighted by Crippen LogP contribution is -2.30. The molecular weight excluding hydrogens is 1400 g/mol. The number of hydrogen-bond acceptors (Lipinski definition) is 15. The van der Waals surface area contributed by atoms with Crippen LogP contribution < -0.4 is 0 Å². The number of phosphoric ester groups is 2. The Morgan fingerprint density at radius 2 is 0.472 bits per heavy atom. The van der Waals surface area contributed by atoms with Gasteiger partial charge in [-0.25, -0.2) is 9.13 Å². The first-order chi connectivity index (χ1) is 52.7. The van der Waals surface area contributed by atoms with Crippen LogP contribution >= 0.6 is 15.6 Å². The molecule has 0 spiro atoms. The van der Waals surface area contributed by atoms with E-state index in [0.717, 1.165) is 116 Å². The maximum Gasteiger partial charge on any atom is 0.472 e. The van der Waals surface area contributed by atoms with E-state index in [9.17, 15) is 43.2 Å². The summed E-state index contributed by atoms with van der Waals surface area (Å²) in [7, 11) is -10.0. The average Bonchev–Trinajstić information content (AvgIpc) is 0.907. The average molecular weight is 1560 g/mol. The molecule has 19 heteroatoms. The predicted molar refractivity (Wildman–Crippen MR) is 445 cm³/mol. The molecule has 0 bridgehead atoms. The number of allylic oxidation sites excluding steroid dienone is 22. The van der Waals surface area contributed by atoms with Crippen molar-refractivity contribution in [1.29, 1.82) is 0 Å². The molecule has 0 radical (unpaired) electrons. The second-order valence-corrected chi connectivity index (χ2v) is 31.0. The summed E-state index contributed by atoms with van der Waals surface area (Å²) in [6.07, 6.45) is 91.6. The Bertz CT molecular complexity index is 2560. The zero-order chi connectivity index (χ0) is 78.9. The highest BCUT2D eigenvalue weighted by Crippen LogP contribution is 2.45. The summed E-state index contributed by atoms with van der Waals surface area (Å²) in [6, 6.07) is 0. The van der Waals surface area contributed by atoms with Crippen molar-refractivity contribution < 1.29 is 80.2 Å². The van der Waals surface area contributed by atoms with Gasteiger partial charge >= 0.3 is 39.5 Å². The molecule has 0 aliphatic heterocycles. The summed E-state index contributed by atoms with van der Waals surface area (Å²) in [5.41, 5.74) is 0. The fraction of sp³-hybridized carbons (Fsp3) is 0.708. The van der Waals surface area contributed by atoms with Crippen molar-refractivity contribution in [1.82, 2.24) is 0 Å². The van der Waals surface area contributed by atoms with Crippen LogP contribution in [0, 0.1) is 0 Å². The molecule has 0 aromatic rings. The van der Waals surface area contributed by atoms with Gasteiger partial charge in [-0.05, 0) is 128 Å². The number of phosphoric acid groups is 2. The van der Waals surface area contributed by atoms with Crippen LogP contribution in [-0.2, 0) is 65.4 Å². The minimum atomic E-state index is -5.01. The standard InChI is InChI=1S/C89H152O17P2/c1-5-9-13-17-21-25-29-33-37-39-41-43-47-51-55-59-63-67-71-75-88(93)105-84(79-99-86(91)73-69-65-61-57-53-49-45-35-31-27-23-19-15-11-7-3)81-103-107(95,96)101-77-83(90)78-102-108(97,98)104-82-85(80-100-87(92)74-70-66-62-58-54-50-46-36-32-28-24-20-16-12-8-4)106-89(94)76-72-68-64-60-56-52-48-44-42-40-38-34-30-26-22-18-14-10-6-2/h21-22,25-26,33-35,37-38,41-45,51-52,55-56,63-64,67-68,83-85,90H,5-20,23-24,27-32,36,39-40,46-50,53-54,57-62,65-66,69-82H2,1-4H3,(H,95,96)(H,97,98)/b25-21-,26-22-,37-33-,38-34-,43-41-,44-42-,45-35-,55-51-,56-52-,67-63-,68-64-/t83-,84-,85-/m1/s1. The Morgan fingerprint density at radius 3 is 0.759 bits per heavy atom. The summed E-state index contributed by atoms with van der Waals surface area (Å²) >= 11 is 0. The first-order valence-electron chi connectivity index (χ1n) is 42.4. The number of unbranched alkanes of at least 4 members (excludes halogenated alkanes) is 31. The maximum atomic E-state index is 13.1. The summed E-state index contributed by atoms with van der Waals surface area (Å²) < 4.78 is 68.6. The number of esters is 4. The van der Waals surface area contributed by atoms with Gasteiger partial charge in [0.25, 0.3) is 0 Å². The van der Waals surface area contributed by atoms with Crippen LogP contribution in [0.5, 0.6) is 0 Å². The van der Waals surface area contributed by atoms with Crippen molar-refractivity contribution in [2.75, 3.05) is 39.6 Å². The van der Waals surface area contributed by atoms with Gasteiger partial charge in [0.15, 0.2) is 12.2 Å². The fourth-order valence-corrected chi connectivity index (χ4v) is 12.7. The Hall–Kier alpha value is -4.80. The summed E-state index contributed by atoms with van der Waals surface area (Å²) in [4.78, 5) is 73.1. The van der Waals surface area contributed by atoms with Crippen LogP contribution in [0.25, 0.3) is 0 Å². The maximum absolute atomic E-state index is 13.1. The molecule has 0 aliphatic rings. The molecule has 620 valence electrons. The van der Waals surface area contributed by atoms with Crippen LogP contribution in [0.2, 0.25) is 0 Å². The van der Waals surface area contributed by atoms with Crippen molar-refractivity contribution >= 4 is 39.5 Å². The smallest absolute Gasteiger partial charge is 0.462 e. The molecule has 0 saturated heterocycles. The van der Waals surface area contributed by atoms with E-state index in [4.69, 9.17) is 37.0 Å². The molecule has 5 atom stereocenters. The van der Waals surface area contributed by atoms with E-state index >= 15 is 0 Å². The van der Waals surface area contributed by atoms with Gasteiger partial charge in [-0.15, -0.1) is 0 Å². The summed E-state index contributed by atoms with van der Waals surface area (Å²) in [6.45, 7) is 4.68. The number of aliphatic hydroxyl groups excluding tert-OH is 1. The monoisotopic (exact) mass is 1560 g/mol. The van der Waals surface area contributed by atoms with Gasteiger partial charge in [0.05, 0.1) is 26.4 Å². The number of hydrogen-bond donors (Lipinski definition) is 3. The number of carbonyl (C=O) groups is 4. The lowest BCUT2D eigenvalue weighted by molar-refractivity contribution is -0.161. The second-order valence-electron chi connectivity index (χ2n) is 28.1. The molecule has 0 amide bonds. The Kier molecular flexibility index (Phi) is 76.7. The van der Waals surface area contributed by atoms with Crippen molar-refractivity contribution in [3.8, 4) is 0 Å². The van der Waals surface area contributed by atoms with Gasteiger partial charge in [0, 0.05) is 25.7 Å². The minimum absolute atomic E-state index is 0.0311. The van der Waals surface area contributed by atoms with Crippen molar-refractivity contribution in [3.05, 3.63) is 134 Å². The van der Waals surface area contributed by atoms with E-state index in [1.807, 2.05) is 36.5 Å². The van der Waals surface area contributed by atoms with Crippen LogP contribution in [0.15, 0.2) is 134 Å². The molecule has 0 aliphatic carbocycles. The Balaban J connectivity index is 5.51. The summed E-state index contributed by atoms with van der Waals surface area (Å²) in [5.74, 6) is -2.37. The number of aliphatic hydroxyl groups is 1. The molecule has 3 N–H and O–H groups in total. The third-order valence-corrected chi connectivity index (χ3v) is 19.5. The highest BCUT2D eigenvalue weighted by molar-refractivity contribution is 7.47. The van der Waals surface area contributed by atoms with Crippen LogP contribution in [0.4, 0.5) is 0 Å². The zero-order valence-corrected chi connectivity index (χ0v) is 69.8. The molecular formula is C89H152O17P2. The highest BCUT2D eigenvalue weighted by Gasteiger charge is 2.30. The molecule has 0 aromatic carbocycles. The van der Waals surface area contributed by atoms with E-state index in [0.29, 0.717) is 38.5 Å². The van der Waals surface area contributed by atoms with E-state index in [-0.39, 0.29) is 25.7 Å². The lowest BCUT2D eigenvalue weighted by atomic mass is 10.0. The van der Waals surface area contributed by atoms with Gasteiger partial charge in [-0.1, -0.05) is 328 Å². The largest absolute Gasteiger partial charge is 0.472 e.